The molecular formula is C12H13ClN2O3. The largest absolute Gasteiger partial charge is 0.495 e. The molecule has 2 rings (SSSR count). The number of rotatable bonds is 3. The first-order chi connectivity index (χ1) is 8.60. The number of hydrogen-bond donors (Lipinski definition) is 2. The lowest BCUT2D eigenvalue weighted by molar-refractivity contribution is -0.122. The zero-order valence-electron chi connectivity index (χ0n) is 9.83. The Bertz CT molecular complexity index is 490. The van der Waals surface area contributed by atoms with Crippen molar-refractivity contribution < 1.29 is 14.3 Å². The van der Waals surface area contributed by atoms with Crippen LogP contribution in [0.25, 0.3) is 0 Å². The van der Waals surface area contributed by atoms with Gasteiger partial charge in [0.05, 0.1) is 12.8 Å². The van der Waals surface area contributed by atoms with E-state index in [1.54, 1.807) is 18.2 Å². The Morgan fingerprint density at radius 2 is 2.33 bits per heavy atom. The van der Waals surface area contributed by atoms with Crippen LogP contribution in [-0.4, -0.2) is 25.0 Å². The number of amides is 2. The first-order valence-corrected chi connectivity index (χ1v) is 5.91. The average Bonchev–Trinajstić information content (AvgIpc) is 2.76. The predicted molar refractivity (Wildman–Crippen MR) is 67.8 cm³/mol. The highest BCUT2D eigenvalue weighted by atomic mass is 35.5. The van der Waals surface area contributed by atoms with E-state index < -0.39 is 6.04 Å². The van der Waals surface area contributed by atoms with Crippen molar-refractivity contribution in [1.82, 2.24) is 5.32 Å². The van der Waals surface area contributed by atoms with Gasteiger partial charge in [-0.2, -0.15) is 0 Å². The van der Waals surface area contributed by atoms with Crippen LogP contribution in [-0.2, 0) is 9.59 Å². The van der Waals surface area contributed by atoms with Crippen LogP contribution in [0.5, 0.6) is 5.75 Å². The first kappa shape index (κ1) is 12.7. The van der Waals surface area contributed by atoms with E-state index in [-0.39, 0.29) is 11.8 Å². The summed E-state index contributed by atoms with van der Waals surface area (Å²) in [7, 11) is 1.51. The van der Waals surface area contributed by atoms with Gasteiger partial charge in [-0.3, -0.25) is 9.59 Å². The highest BCUT2D eigenvalue weighted by Gasteiger charge is 2.27. The topological polar surface area (TPSA) is 67.4 Å². The Kier molecular flexibility index (Phi) is 3.72. The smallest absolute Gasteiger partial charge is 0.247 e. The molecular weight excluding hydrogens is 256 g/mol. The maximum atomic E-state index is 11.9. The lowest BCUT2D eigenvalue weighted by Gasteiger charge is -2.13. The minimum absolute atomic E-state index is 0.104. The maximum Gasteiger partial charge on any atom is 0.247 e. The molecule has 0 aromatic heterocycles. The number of nitrogens with one attached hydrogen (secondary N) is 2. The van der Waals surface area contributed by atoms with Gasteiger partial charge in [0.1, 0.15) is 11.8 Å². The number of benzene rings is 1. The number of methoxy groups -OCH3 is 1. The van der Waals surface area contributed by atoms with E-state index in [2.05, 4.69) is 10.6 Å². The van der Waals surface area contributed by atoms with Gasteiger partial charge in [0.2, 0.25) is 11.8 Å². The van der Waals surface area contributed by atoms with Crippen molar-refractivity contribution in [3.05, 3.63) is 23.2 Å². The van der Waals surface area contributed by atoms with E-state index in [0.29, 0.717) is 29.3 Å². The van der Waals surface area contributed by atoms with Gasteiger partial charge >= 0.3 is 0 Å². The second-order valence-electron chi connectivity index (χ2n) is 3.99. The summed E-state index contributed by atoms with van der Waals surface area (Å²) in [6.07, 6.45) is 0.887. The molecule has 0 saturated carbocycles. The van der Waals surface area contributed by atoms with Crippen LogP contribution < -0.4 is 15.4 Å². The summed E-state index contributed by atoms with van der Waals surface area (Å²) in [6.45, 7) is 0. The fourth-order valence-electron chi connectivity index (χ4n) is 1.81. The molecule has 6 heteroatoms. The van der Waals surface area contributed by atoms with E-state index in [1.165, 1.54) is 7.11 Å². The summed E-state index contributed by atoms with van der Waals surface area (Å²) in [5, 5.41) is 5.80. The van der Waals surface area contributed by atoms with Gasteiger partial charge in [-0.25, -0.2) is 0 Å². The molecule has 18 heavy (non-hydrogen) atoms. The second-order valence-corrected chi connectivity index (χ2v) is 4.43. The lowest BCUT2D eigenvalue weighted by Crippen LogP contribution is -2.37. The average molecular weight is 269 g/mol. The van der Waals surface area contributed by atoms with Gasteiger partial charge in [0.15, 0.2) is 0 Å². The van der Waals surface area contributed by atoms with Gasteiger partial charge in [0, 0.05) is 11.4 Å². The SMILES string of the molecule is COc1ccc(Cl)cc1NC(=O)[C@@H]1CCC(=O)N1. The van der Waals surface area contributed by atoms with Crippen LogP contribution >= 0.6 is 11.6 Å². The fraction of sp³-hybridized carbons (Fsp3) is 0.333. The summed E-state index contributed by atoms with van der Waals surface area (Å²) in [5.74, 6) is 0.159. The van der Waals surface area contributed by atoms with Crippen molar-refractivity contribution in [2.24, 2.45) is 0 Å². The van der Waals surface area contributed by atoms with E-state index in [9.17, 15) is 9.59 Å². The summed E-state index contributed by atoms with van der Waals surface area (Å²) >= 11 is 5.86. The number of carbonyl (C=O) groups excluding carboxylic acids is 2. The Labute approximate surface area is 109 Å². The standard InChI is InChI=1S/C12H13ClN2O3/c1-18-10-4-2-7(13)6-9(10)15-12(17)8-3-5-11(16)14-8/h2,4,6,8H,3,5H2,1H3,(H,14,16)(H,15,17)/t8-/m0/s1. The van der Waals surface area contributed by atoms with Gasteiger partial charge in [-0.05, 0) is 24.6 Å². The molecule has 1 aliphatic rings. The molecule has 0 unspecified atom stereocenters. The number of anilines is 1. The zero-order valence-corrected chi connectivity index (χ0v) is 10.6. The number of ether oxygens (including phenoxy) is 1. The van der Waals surface area contributed by atoms with Crippen molar-refractivity contribution in [2.45, 2.75) is 18.9 Å². The third kappa shape index (κ3) is 2.73. The number of hydrogen-bond acceptors (Lipinski definition) is 3. The molecule has 0 aliphatic carbocycles. The number of halogens is 1. The van der Waals surface area contributed by atoms with Crippen molar-refractivity contribution in [2.75, 3.05) is 12.4 Å². The quantitative estimate of drug-likeness (QED) is 0.874. The summed E-state index contributed by atoms with van der Waals surface area (Å²) in [5.41, 5.74) is 0.496. The highest BCUT2D eigenvalue weighted by molar-refractivity contribution is 6.31. The zero-order chi connectivity index (χ0) is 13.1. The molecule has 1 fully saturated rings. The van der Waals surface area contributed by atoms with Crippen LogP contribution in [0, 0.1) is 0 Å². The monoisotopic (exact) mass is 268 g/mol. The normalized spacial score (nSPS) is 18.3. The summed E-state index contributed by atoms with van der Waals surface area (Å²) in [6, 6.07) is 4.47. The second kappa shape index (κ2) is 5.27. The van der Waals surface area contributed by atoms with Crippen molar-refractivity contribution in [3.8, 4) is 5.75 Å². The molecule has 0 bridgehead atoms. The van der Waals surface area contributed by atoms with Gasteiger partial charge in [-0.1, -0.05) is 11.6 Å². The third-order valence-electron chi connectivity index (χ3n) is 2.73. The van der Waals surface area contributed by atoms with Crippen LogP contribution in [0.15, 0.2) is 18.2 Å². The predicted octanol–water partition coefficient (Wildman–Crippen LogP) is 1.57. The molecule has 0 spiro atoms. The molecule has 1 heterocycles. The van der Waals surface area contributed by atoms with Crippen molar-refractivity contribution in [3.63, 3.8) is 0 Å². The molecule has 2 N–H and O–H groups in total. The Morgan fingerprint density at radius 1 is 1.56 bits per heavy atom. The van der Waals surface area contributed by atoms with Crippen LogP contribution in [0.4, 0.5) is 5.69 Å². The van der Waals surface area contributed by atoms with Crippen molar-refractivity contribution in [1.29, 1.82) is 0 Å². The van der Waals surface area contributed by atoms with Gasteiger partial charge in [-0.15, -0.1) is 0 Å². The van der Waals surface area contributed by atoms with Gasteiger partial charge in [0.25, 0.3) is 0 Å². The van der Waals surface area contributed by atoms with Gasteiger partial charge < -0.3 is 15.4 Å². The minimum Gasteiger partial charge on any atom is -0.495 e. The first-order valence-electron chi connectivity index (χ1n) is 5.54. The Balaban J connectivity index is 2.11. The minimum atomic E-state index is -0.485. The maximum absolute atomic E-state index is 11.9. The highest BCUT2D eigenvalue weighted by Crippen LogP contribution is 2.28. The molecule has 1 atom stereocenters. The van der Waals surface area contributed by atoms with E-state index in [4.69, 9.17) is 16.3 Å². The Hall–Kier alpha value is -1.75. The van der Waals surface area contributed by atoms with E-state index >= 15 is 0 Å². The molecule has 1 aromatic carbocycles. The summed E-state index contributed by atoms with van der Waals surface area (Å²) in [4.78, 5) is 23.0. The van der Waals surface area contributed by atoms with Crippen molar-refractivity contribution >= 4 is 29.1 Å². The molecule has 96 valence electrons. The third-order valence-corrected chi connectivity index (χ3v) is 2.97. The molecule has 1 saturated heterocycles. The summed E-state index contributed by atoms with van der Waals surface area (Å²) < 4.78 is 5.12. The number of carbonyl (C=O) groups is 2. The molecule has 5 nitrogen and oxygen atoms in total. The fourth-order valence-corrected chi connectivity index (χ4v) is 1.98. The molecule has 1 aromatic rings. The van der Waals surface area contributed by atoms with Crippen LogP contribution in [0.3, 0.4) is 0 Å². The molecule has 0 radical (unpaired) electrons. The van der Waals surface area contributed by atoms with Crippen LogP contribution in [0.2, 0.25) is 5.02 Å². The lowest BCUT2D eigenvalue weighted by atomic mass is 10.2. The Morgan fingerprint density at radius 3 is 2.94 bits per heavy atom. The molecule has 2 amide bonds. The molecule has 1 aliphatic heterocycles. The van der Waals surface area contributed by atoms with Crippen LogP contribution in [0.1, 0.15) is 12.8 Å². The van der Waals surface area contributed by atoms with E-state index in [0.717, 1.165) is 0 Å². The van der Waals surface area contributed by atoms with E-state index in [1.807, 2.05) is 0 Å².